The Morgan fingerprint density at radius 2 is 2.00 bits per heavy atom. The number of urea groups is 1. The molecule has 1 spiro atoms. The Hall–Kier alpha value is -3.00. The standard InChI is InChI=1S/C24H28ClN5O3/c1-13-16(14(2)29-28-13)7-10-30(3)22(31)18-12-15-11-17(25)20-19(21(15)33-18)24(27-23(32)26-20)8-5-4-6-9-24/h11-12H,4-10H2,1-3H3,(H,28,29)(H2,26,27,32). The number of H-pyrrole nitrogens is 1. The average molecular weight is 470 g/mol. The van der Waals surface area contributed by atoms with Gasteiger partial charge in [-0.25, -0.2) is 4.79 Å². The van der Waals surface area contributed by atoms with Crippen molar-refractivity contribution in [2.45, 2.75) is 57.9 Å². The van der Waals surface area contributed by atoms with Gasteiger partial charge in [0.1, 0.15) is 5.58 Å². The fourth-order valence-corrected chi connectivity index (χ4v) is 5.56. The number of amides is 3. The number of fused-ring (bicyclic) bond motifs is 4. The van der Waals surface area contributed by atoms with Gasteiger partial charge < -0.3 is 20.0 Å². The van der Waals surface area contributed by atoms with Crippen LogP contribution in [0.15, 0.2) is 16.5 Å². The summed E-state index contributed by atoms with van der Waals surface area (Å²) in [6, 6.07) is 3.26. The van der Waals surface area contributed by atoms with Crippen molar-refractivity contribution in [2.24, 2.45) is 0 Å². The Balaban J connectivity index is 1.49. The molecule has 33 heavy (non-hydrogen) atoms. The van der Waals surface area contributed by atoms with E-state index in [2.05, 4.69) is 20.8 Å². The third-order valence-corrected chi connectivity index (χ3v) is 7.37. The van der Waals surface area contributed by atoms with Crippen LogP contribution in [-0.2, 0) is 12.0 Å². The molecule has 5 rings (SSSR count). The molecule has 9 heteroatoms. The van der Waals surface area contributed by atoms with Crippen LogP contribution in [0.2, 0.25) is 5.02 Å². The molecule has 3 N–H and O–H groups in total. The molecule has 3 amide bonds. The number of nitrogens with zero attached hydrogens (tertiary/aromatic N) is 2. The maximum atomic E-state index is 13.2. The van der Waals surface area contributed by atoms with Crippen molar-refractivity contribution in [2.75, 3.05) is 18.9 Å². The number of aromatic nitrogens is 2. The molecule has 0 bridgehead atoms. The number of halogens is 1. The highest BCUT2D eigenvalue weighted by molar-refractivity contribution is 6.35. The summed E-state index contributed by atoms with van der Waals surface area (Å²) in [5.41, 5.74) is 4.62. The van der Waals surface area contributed by atoms with Crippen LogP contribution in [0.4, 0.5) is 10.5 Å². The van der Waals surface area contributed by atoms with Crippen molar-refractivity contribution < 1.29 is 14.0 Å². The van der Waals surface area contributed by atoms with E-state index in [1.165, 1.54) is 0 Å². The summed E-state index contributed by atoms with van der Waals surface area (Å²) in [7, 11) is 1.77. The van der Waals surface area contributed by atoms with Crippen LogP contribution in [-0.4, -0.2) is 40.6 Å². The predicted octanol–water partition coefficient (Wildman–Crippen LogP) is 5.04. The number of hydrogen-bond donors (Lipinski definition) is 3. The minimum Gasteiger partial charge on any atom is -0.450 e. The summed E-state index contributed by atoms with van der Waals surface area (Å²) in [4.78, 5) is 27.3. The molecule has 3 heterocycles. The molecule has 1 aromatic carbocycles. The Labute approximate surface area is 197 Å². The predicted molar refractivity (Wildman–Crippen MR) is 127 cm³/mol. The van der Waals surface area contributed by atoms with Crippen molar-refractivity contribution in [1.82, 2.24) is 20.4 Å². The third-order valence-electron chi connectivity index (χ3n) is 7.07. The highest BCUT2D eigenvalue weighted by Crippen LogP contribution is 2.49. The summed E-state index contributed by atoms with van der Waals surface area (Å²) in [6.07, 6.45) is 5.49. The first-order valence-corrected chi connectivity index (χ1v) is 11.8. The fourth-order valence-electron chi connectivity index (χ4n) is 5.30. The van der Waals surface area contributed by atoms with Crippen molar-refractivity contribution >= 4 is 40.2 Å². The monoisotopic (exact) mass is 469 g/mol. The third kappa shape index (κ3) is 3.66. The molecule has 8 nitrogen and oxygen atoms in total. The topological polar surface area (TPSA) is 103 Å². The number of carbonyl (C=O) groups is 2. The molecule has 0 saturated heterocycles. The van der Waals surface area contributed by atoms with Gasteiger partial charge in [-0.3, -0.25) is 9.89 Å². The van der Waals surface area contributed by atoms with E-state index in [1.807, 2.05) is 13.8 Å². The Morgan fingerprint density at radius 1 is 1.24 bits per heavy atom. The number of carbonyl (C=O) groups excluding carboxylic acids is 2. The van der Waals surface area contributed by atoms with E-state index in [0.29, 0.717) is 29.3 Å². The van der Waals surface area contributed by atoms with E-state index in [0.717, 1.165) is 60.0 Å². The smallest absolute Gasteiger partial charge is 0.319 e. The molecule has 0 radical (unpaired) electrons. The molecule has 1 aliphatic carbocycles. The number of nitrogens with one attached hydrogen (secondary N) is 3. The van der Waals surface area contributed by atoms with E-state index >= 15 is 0 Å². The van der Waals surface area contributed by atoms with Crippen LogP contribution in [0.3, 0.4) is 0 Å². The zero-order chi connectivity index (χ0) is 23.3. The van der Waals surface area contributed by atoms with E-state index in [1.54, 1.807) is 24.1 Å². The second-order valence-corrected chi connectivity index (χ2v) is 9.66. The highest BCUT2D eigenvalue weighted by Gasteiger charge is 2.44. The van der Waals surface area contributed by atoms with Crippen molar-refractivity contribution in [3.8, 4) is 0 Å². The number of aryl methyl sites for hydroxylation is 2. The number of hydrogen-bond acceptors (Lipinski definition) is 4. The van der Waals surface area contributed by atoms with Gasteiger partial charge >= 0.3 is 6.03 Å². The van der Waals surface area contributed by atoms with E-state index in [9.17, 15) is 9.59 Å². The summed E-state index contributed by atoms with van der Waals surface area (Å²) in [5.74, 6) is 0.0702. The number of likely N-dealkylation sites (N-methyl/N-ethyl adjacent to an activating group) is 1. The van der Waals surface area contributed by atoms with Gasteiger partial charge in [-0.2, -0.15) is 5.10 Å². The van der Waals surface area contributed by atoms with Crippen LogP contribution in [0, 0.1) is 13.8 Å². The highest BCUT2D eigenvalue weighted by atomic mass is 35.5. The lowest BCUT2D eigenvalue weighted by Gasteiger charge is -2.42. The minimum absolute atomic E-state index is 0.194. The zero-order valence-electron chi connectivity index (χ0n) is 19.1. The first-order chi connectivity index (χ1) is 15.8. The van der Waals surface area contributed by atoms with Gasteiger partial charge in [0.25, 0.3) is 5.91 Å². The fraction of sp³-hybridized carbons (Fsp3) is 0.458. The lowest BCUT2D eigenvalue weighted by atomic mass is 9.74. The molecule has 2 aliphatic rings. The normalized spacial score (nSPS) is 17.0. The minimum atomic E-state index is -0.528. The quantitative estimate of drug-likeness (QED) is 0.498. The van der Waals surface area contributed by atoms with E-state index in [4.69, 9.17) is 16.0 Å². The number of anilines is 1. The number of aromatic amines is 1. The van der Waals surface area contributed by atoms with Gasteiger partial charge in [0.2, 0.25) is 0 Å². The van der Waals surface area contributed by atoms with Crippen LogP contribution in [0.1, 0.15) is 65.2 Å². The summed E-state index contributed by atoms with van der Waals surface area (Å²) in [6.45, 7) is 4.48. The molecule has 1 fully saturated rings. The summed E-state index contributed by atoms with van der Waals surface area (Å²) >= 11 is 6.59. The van der Waals surface area contributed by atoms with Gasteiger partial charge in [0, 0.05) is 30.2 Å². The second-order valence-electron chi connectivity index (χ2n) is 9.25. The lowest BCUT2D eigenvalue weighted by Crippen LogP contribution is -2.52. The van der Waals surface area contributed by atoms with Gasteiger partial charge in [-0.1, -0.05) is 30.9 Å². The lowest BCUT2D eigenvalue weighted by molar-refractivity contribution is 0.0767. The van der Waals surface area contributed by atoms with Gasteiger partial charge in [-0.15, -0.1) is 0 Å². The average Bonchev–Trinajstić information content (AvgIpc) is 3.34. The van der Waals surface area contributed by atoms with E-state index in [-0.39, 0.29) is 17.7 Å². The SMILES string of the molecule is Cc1n[nH]c(C)c1CCN(C)C(=O)c1cc2cc(Cl)c3c(c2o1)C1(CCCCC1)NC(=O)N3. The molecule has 0 unspecified atom stereocenters. The molecule has 1 aliphatic heterocycles. The molecular weight excluding hydrogens is 442 g/mol. The number of rotatable bonds is 4. The Kier molecular flexibility index (Phi) is 5.35. The van der Waals surface area contributed by atoms with Crippen LogP contribution in [0.25, 0.3) is 11.0 Å². The first kappa shape index (κ1) is 21.8. The van der Waals surface area contributed by atoms with Crippen molar-refractivity contribution in [3.63, 3.8) is 0 Å². The zero-order valence-corrected chi connectivity index (χ0v) is 19.9. The second kappa shape index (κ2) is 8.09. The molecule has 1 saturated carbocycles. The molecule has 3 aromatic rings. The first-order valence-electron chi connectivity index (χ1n) is 11.4. The maximum absolute atomic E-state index is 13.2. The van der Waals surface area contributed by atoms with Crippen LogP contribution in [0.5, 0.6) is 0 Å². The van der Waals surface area contributed by atoms with Crippen molar-refractivity contribution in [1.29, 1.82) is 0 Å². The Morgan fingerprint density at radius 3 is 2.70 bits per heavy atom. The number of furan rings is 1. The van der Waals surface area contributed by atoms with Crippen LogP contribution < -0.4 is 10.6 Å². The van der Waals surface area contributed by atoms with Crippen LogP contribution >= 0.6 is 11.6 Å². The van der Waals surface area contributed by atoms with Crippen molar-refractivity contribution in [3.05, 3.63) is 45.4 Å². The molecule has 2 aromatic heterocycles. The summed E-state index contributed by atoms with van der Waals surface area (Å²) in [5, 5.41) is 14.4. The van der Waals surface area contributed by atoms with E-state index < -0.39 is 5.54 Å². The maximum Gasteiger partial charge on any atom is 0.319 e. The summed E-state index contributed by atoms with van der Waals surface area (Å²) < 4.78 is 6.19. The largest absolute Gasteiger partial charge is 0.450 e. The molecule has 0 atom stereocenters. The van der Waals surface area contributed by atoms with Gasteiger partial charge in [-0.05, 0) is 50.8 Å². The Bertz CT molecular complexity index is 1240. The van der Waals surface area contributed by atoms with Gasteiger partial charge in [0.05, 0.1) is 21.9 Å². The number of benzene rings is 1. The molecular formula is C24H28ClN5O3. The van der Waals surface area contributed by atoms with Gasteiger partial charge in [0.15, 0.2) is 5.76 Å². The molecule has 174 valence electrons.